The van der Waals surface area contributed by atoms with Crippen LogP contribution in [0.5, 0.6) is 0 Å². The lowest BCUT2D eigenvalue weighted by atomic mass is 10.2. The highest BCUT2D eigenvalue weighted by Gasteiger charge is 2.28. The summed E-state index contributed by atoms with van der Waals surface area (Å²) in [6, 6.07) is 7.34. The summed E-state index contributed by atoms with van der Waals surface area (Å²) in [6.45, 7) is 3.56. The summed E-state index contributed by atoms with van der Waals surface area (Å²) in [5, 5.41) is 2.82. The molecule has 2 N–H and O–H groups in total. The predicted octanol–water partition coefficient (Wildman–Crippen LogP) is 1.65. The molecule has 110 valence electrons. The minimum Gasteiger partial charge on any atom is -0.353 e. The van der Waals surface area contributed by atoms with E-state index in [1.54, 1.807) is 19.1 Å². The summed E-state index contributed by atoms with van der Waals surface area (Å²) in [7, 11) is -3.52. The Hall–Kier alpha value is -1.56. The molecule has 1 aromatic rings. The van der Waals surface area contributed by atoms with Crippen LogP contribution in [0.4, 0.5) is 5.69 Å². The van der Waals surface area contributed by atoms with Gasteiger partial charge in [-0.1, -0.05) is 24.6 Å². The fourth-order valence-corrected chi connectivity index (χ4v) is 3.21. The maximum Gasteiger partial charge on any atom is 0.233 e. The fraction of sp³-hybridized carbons (Fsp3) is 0.500. The Morgan fingerprint density at radius 3 is 2.45 bits per heavy atom. The van der Waals surface area contributed by atoms with Gasteiger partial charge in [0.05, 0.1) is 11.7 Å². The predicted molar refractivity (Wildman–Crippen MR) is 78.9 cm³/mol. The number of anilines is 1. The molecule has 20 heavy (non-hydrogen) atoms. The van der Waals surface area contributed by atoms with Gasteiger partial charge < -0.3 is 5.32 Å². The molecule has 0 saturated heterocycles. The van der Waals surface area contributed by atoms with E-state index in [9.17, 15) is 13.2 Å². The average molecular weight is 296 g/mol. The van der Waals surface area contributed by atoms with E-state index in [4.69, 9.17) is 0 Å². The Kier molecular flexibility index (Phi) is 4.32. The lowest BCUT2D eigenvalue weighted by Crippen LogP contribution is -2.35. The Labute approximate surface area is 119 Å². The van der Waals surface area contributed by atoms with Gasteiger partial charge in [-0.05, 0) is 31.9 Å². The van der Waals surface area contributed by atoms with Gasteiger partial charge in [0, 0.05) is 11.7 Å². The van der Waals surface area contributed by atoms with Gasteiger partial charge in [-0.3, -0.25) is 9.52 Å². The molecule has 1 aliphatic carbocycles. The summed E-state index contributed by atoms with van der Waals surface area (Å²) >= 11 is 0. The van der Waals surface area contributed by atoms with Gasteiger partial charge in [-0.25, -0.2) is 8.42 Å². The third kappa shape index (κ3) is 4.52. The van der Waals surface area contributed by atoms with Crippen molar-refractivity contribution in [3.8, 4) is 0 Å². The first-order valence-electron chi connectivity index (χ1n) is 6.73. The maximum absolute atomic E-state index is 12.0. The topological polar surface area (TPSA) is 75.3 Å². The summed E-state index contributed by atoms with van der Waals surface area (Å²) < 4.78 is 26.5. The molecular weight excluding hydrogens is 276 g/mol. The molecule has 2 rings (SSSR count). The normalized spacial score (nSPS) is 16.5. The number of rotatable bonds is 6. The molecule has 1 atom stereocenters. The minimum atomic E-state index is -3.52. The zero-order valence-corrected chi connectivity index (χ0v) is 12.5. The Morgan fingerprint density at radius 2 is 1.90 bits per heavy atom. The van der Waals surface area contributed by atoms with Crippen LogP contribution in [0.1, 0.15) is 25.3 Å². The molecule has 1 fully saturated rings. The molecule has 1 aliphatic rings. The van der Waals surface area contributed by atoms with Crippen molar-refractivity contribution < 1.29 is 13.2 Å². The smallest absolute Gasteiger partial charge is 0.233 e. The summed E-state index contributed by atoms with van der Waals surface area (Å²) in [5.41, 5.74) is 1.58. The van der Waals surface area contributed by atoms with Crippen LogP contribution in [0.3, 0.4) is 0 Å². The van der Waals surface area contributed by atoms with Crippen molar-refractivity contribution in [3.05, 3.63) is 29.8 Å². The van der Waals surface area contributed by atoms with E-state index >= 15 is 0 Å². The third-order valence-corrected chi connectivity index (χ3v) is 4.65. The van der Waals surface area contributed by atoms with Crippen molar-refractivity contribution in [2.45, 2.75) is 32.7 Å². The van der Waals surface area contributed by atoms with E-state index < -0.39 is 15.9 Å². The van der Waals surface area contributed by atoms with Crippen molar-refractivity contribution in [2.24, 2.45) is 5.92 Å². The lowest BCUT2D eigenvalue weighted by Gasteiger charge is -2.13. The molecule has 6 heteroatoms. The zero-order chi connectivity index (χ0) is 14.8. The van der Waals surface area contributed by atoms with Crippen LogP contribution in [0.15, 0.2) is 24.3 Å². The van der Waals surface area contributed by atoms with Gasteiger partial charge in [0.1, 0.15) is 0 Å². The molecule has 1 aromatic carbocycles. The maximum atomic E-state index is 12.0. The molecule has 1 saturated carbocycles. The van der Waals surface area contributed by atoms with E-state index in [2.05, 4.69) is 10.0 Å². The molecule has 1 amide bonds. The van der Waals surface area contributed by atoms with E-state index in [0.717, 1.165) is 18.4 Å². The summed E-state index contributed by atoms with van der Waals surface area (Å²) in [6.07, 6.45) is 1.99. The second-order valence-electron chi connectivity index (χ2n) is 5.43. The van der Waals surface area contributed by atoms with Crippen LogP contribution < -0.4 is 10.0 Å². The van der Waals surface area contributed by atoms with Crippen molar-refractivity contribution >= 4 is 21.6 Å². The molecule has 0 spiro atoms. The first-order valence-corrected chi connectivity index (χ1v) is 8.38. The largest absolute Gasteiger partial charge is 0.353 e. The second-order valence-corrected chi connectivity index (χ2v) is 7.20. The quantitative estimate of drug-likeness (QED) is 0.838. The number of nitrogens with one attached hydrogen (secondary N) is 2. The third-order valence-electron chi connectivity index (χ3n) is 3.17. The van der Waals surface area contributed by atoms with E-state index in [0.29, 0.717) is 5.69 Å². The Balaban J connectivity index is 1.92. The lowest BCUT2D eigenvalue weighted by molar-refractivity contribution is -0.124. The number of sulfonamides is 1. The molecule has 0 bridgehead atoms. The standard InChI is InChI=1S/C14H20N2O3S/c1-10-3-5-13(6-4-10)16-20(18,19)9-11(2)14(17)15-12-7-8-12/h3-6,11-12,16H,7-9H2,1-2H3,(H,15,17). The number of carbonyl (C=O) groups excluding carboxylic acids is 1. The highest BCUT2D eigenvalue weighted by Crippen LogP contribution is 2.19. The second kappa shape index (κ2) is 5.83. The first-order chi connectivity index (χ1) is 9.35. The number of carbonyl (C=O) groups is 1. The van der Waals surface area contributed by atoms with Crippen LogP contribution in [0.25, 0.3) is 0 Å². The van der Waals surface area contributed by atoms with Crippen molar-refractivity contribution in [1.82, 2.24) is 5.32 Å². The van der Waals surface area contributed by atoms with Crippen LogP contribution in [0, 0.1) is 12.8 Å². The average Bonchev–Trinajstić information content (AvgIpc) is 3.15. The molecule has 0 aromatic heterocycles. The first kappa shape index (κ1) is 14.8. The van der Waals surface area contributed by atoms with Gasteiger partial charge in [-0.2, -0.15) is 0 Å². The molecule has 0 radical (unpaired) electrons. The SMILES string of the molecule is Cc1ccc(NS(=O)(=O)CC(C)C(=O)NC2CC2)cc1. The van der Waals surface area contributed by atoms with Crippen molar-refractivity contribution in [1.29, 1.82) is 0 Å². The van der Waals surface area contributed by atoms with Gasteiger partial charge in [-0.15, -0.1) is 0 Å². The number of benzene rings is 1. The zero-order valence-electron chi connectivity index (χ0n) is 11.7. The van der Waals surface area contributed by atoms with E-state index in [1.165, 1.54) is 0 Å². The fourth-order valence-electron chi connectivity index (χ4n) is 1.82. The van der Waals surface area contributed by atoms with Crippen LogP contribution in [-0.2, 0) is 14.8 Å². The van der Waals surface area contributed by atoms with Gasteiger partial charge >= 0.3 is 0 Å². The van der Waals surface area contributed by atoms with Gasteiger partial charge in [0.25, 0.3) is 0 Å². The van der Waals surface area contributed by atoms with Crippen LogP contribution in [-0.4, -0.2) is 26.1 Å². The van der Waals surface area contributed by atoms with Crippen LogP contribution >= 0.6 is 0 Å². The number of hydrogen-bond donors (Lipinski definition) is 2. The molecule has 5 nitrogen and oxygen atoms in total. The molecule has 0 aliphatic heterocycles. The highest BCUT2D eigenvalue weighted by atomic mass is 32.2. The number of aryl methyl sites for hydroxylation is 1. The van der Waals surface area contributed by atoms with Gasteiger partial charge in [0.15, 0.2) is 0 Å². The Bertz CT molecular complexity index is 577. The Morgan fingerprint density at radius 1 is 1.30 bits per heavy atom. The van der Waals surface area contributed by atoms with Crippen LogP contribution in [0.2, 0.25) is 0 Å². The monoisotopic (exact) mass is 296 g/mol. The summed E-state index contributed by atoms with van der Waals surface area (Å²) in [5.74, 6) is -0.959. The minimum absolute atomic E-state index is 0.193. The molecule has 1 unspecified atom stereocenters. The van der Waals surface area contributed by atoms with Gasteiger partial charge in [0.2, 0.25) is 15.9 Å². The van der Waals surface area contributed by atoms with Crippen molar-refractivity contribution in [3.63, 3.8) is 0 Å². The van der Waals surface area contributed by atoms with E-state index in [-0.39, 0.29) is 17.7 Å². The van der Waals surface area contributed by atoms with E-state index in [1.807, 2.05) is 19.1 Å². The number of hydrogen-bond acceptors (Lipinski definition) is 3. The summed E-state index contributed by atoms with van der Waals surface area (Å²) in [4.78, 5) is 11.8. The molecular formula is C14H20N2O3S. The number of amides is 1. The highest BCUT2D eigenvalue weighted by molar-refractivity contribution is 7.92. The molecule has 0 heterocycles. The van der Waals surface area contributed by atoms with Crippen molar-refractivity contribution in [2.75, 3.05) is 10.5 Å².